The van der Waals surface area contributed by atoms with E-state index in [0.29, 0.717) is 96.9 Å². The highest BCUT2D eigenvalue weighted by Gasteiger charge is 2.27. The number of benzene rings is 2. The largest absolute Gasteiger partial charge is 0.494 e. The standard InChI is InChI=1S/C35H47N7O6/c1-37-12-14-40(15-13-37)11-6-36-28-24-27-29-25(32(43)41(34(27)45)9-2-7-38-16-20-47-21-17-38)4-5-26-30(29)31(28)35(46)42(33(26)44)10-3-8-39-18-22-48-23-19-39/h4-5,24,44H,2-3,6-23H2,1H3. The first-order chi connectivity index (χ1) is 23.4. The molecule has 2 aromatic rings. The molecule has 13 nitrogen and oxygen atoms in total. The second-order valence-electron chi connectivity index (χ2n) is 13.4. The Morgan fingerprint density at radius 1 is 0.667 bits per heavy atom. The van der Waals surface area contributed by atoms with Crippen LogP contribution in [0.15, 0.2) is 37.6 Å². The number of pyridine rings is 2. The summed E-state index contributed by atoms with van der Waals surface area (Å²) in [7, 11) is 2.12. The second-order valence-corrected chi connectivity index (χ2v) is 13.4. The lowest BCUT2D eigenvalue weighted by Crippen LogP contribution is -2.45. The molecule has 1 aromatic heterocycles. The first-order valence-corrected chi connectivity index (χ1v) is 17.5. The highest BCUT2D eigenvalue weighted by atomic mass is 16.5. The number of ether oxygens (including phenoxy) is 2. The summed E-state index contributed by atoms with van der Waals surface area (Å²) in [6, 6.07) is 5.12. The molecule has 0 unspecified atom stereocenters. The Labute approximate surface area is 279 Å². The summed E-state index contributed by atoms with van der Waals surface area (Å²) in [6.45, 7) is 13.4. The fraction of sp³-hybridized carbons (Fsp3) is 0.600. The van der Waals surface area contributed by atoms with Gasteiger partial charge < -0.3 is 19.5 Å². The van der Waals surface area contributed by atoms with Gasteiger partial charge in [0.15, 0.2) is 0 Å². The monoisotopic (exact) mass is 661 g/mol. The lowest BCUT2D eigenvalue weighted by molar-refractivity contribution is 0.0368. The van der Waals surface area contributed by atoms with E-state index < -0.39 is 0 Å². The van der Waals surface area contributed by atoms with Gasteiger partial charge in [0.2, 0.25) is 5.88 Å². The van der Waals surface area contributed by atoms with Crippen LogP contribution >= 0.6 is 0 Å². The third-order valence-electron chi connectivity index (χ3n) is 10.4. The van der Waals surface area contributed by atoms with Crippen LogP contribution in [-0.4, -0.2) is 146 Å². The minimum atomic E-state index is -0.381. The summed E-state index contributed by atoms with van der Waals surface area (Å²) in [5, 5.41) is 13.6. The molecule has 0 saturated carbocycles. The zero-order valence-electron chi connectivity index (χ0n) is 28.0. The van der Waals surface area contributed by atoms with Crippen molar-refractivity contribution in [3.8, 4) is 17.0 Å². The van der Waals surface area contributed by atoms with Crippen LogP contribution in [0.5, 0.6) is 5.88 Å². The van der Waals surface area contributed by atoms with E-state index in [1.165, 1.54) is 9.13 Å². The maximum absolute atomic E-state index is 14.3. The van der Waals surface area contributed by atoms with Crippen LogP contribution in [0.4, 0.5) is 0 Å². The molecule has 258 valence electrons. The van der Waals surface area contributed by atoms with Gasteiger partial charge in [-0.1, -0.05) is 0 Å². The number of likely N-dealkylation sites (N-methyl/N-ethyl adjacent to an activating group) is 1. The molecule has 5 heterocycles. The molecule has 3 saturated heterocycles. The Morgan fingerprint density at radius 3 is 1.90 bits per heavy atom. The van der Waals surface area contributed by atoms with E-state index in [9.17, 15) is 19.5 Å². The quantitative estimate of drug-likeness (QED) is 0.219. The number of nitrogens with zero attached hydrogens (tertiary/aromatic N) is 7. The van der Waals surface area contributed by atoms with Crippen LogP contribution in [0.25, 0.3) is 32.7 Å². The van der Waals surface area contributed by atoms with E-state index in [-0.39, 0.29) is 22.6 Å². The Morgan fingerprint density at radius 2 is 1.25 bits per heavy atom. The Balaban J connectivity index is 1.30. The second kappa shape index (κ2) is 14.6. The fourth-order valence-corrected chi connectivity index (χ4v) is 7.53. The molecule has 0 radical (unpaired) electrons. The smallest absolute Gasteiger partial charge is 0.263 e. The minimum absolute atomic E-state index is 0.144. The van der Waals surface area contributed by atoms with Gasteiger partial charge in [0.1, 0.15) is 0 Å². The molecule has 3 fully saturated rings. The molecule has 0 amide bonds. The molecule has 7 rings (SSSR count). The van der Waals surface area contributed by atoms with Crippen LogP contribution in [0, 0.1) is 0 Å². The number of piperazine rings is 1. The Hall–Kier alpha value is -3.46. The SMILES string of the molecule is CN1CCN(CCN=c2cc3c(=O)n(CCCN4CCOCC4)c(=O)c4ccc5c(O)n(CCCN6CCOCC6)c(=O)c2c5c4-3)CC1. The van der Waals surface area contributed by atoms with E-state index >= 15 is 0 Å². The first-order valence-electron chi connectivity index (χ1n) is 17.5. The zero-order chi connectivity index (χ0) is 33.2. The normalized spacial score (nSPS) is 19.8. The molecule has 1 N–H and O–H groups in total. The van der Waals surface area contributed by atoms with Crippen LogP contribution in [0.2, 0.25) is 0 Å². The van der Waals surface area contributed by atoms with Gasteiger partial charge in [0.05, 0.1) is 49.3 Å². The van der Waals surface area contributed by atoms with Crippen molar-refractivity contribution in [3.05, 3.63) is 54.6 Å². The van der Waals surface area contributed by atoms with Crippen molar-refractivity contribution >= 4 is 21.5 Å². The van der Waals surface area contributed by atoms with Gasteiger partial charge >= 0.3 is 0 Å². The van der Waals surface area contributed by atoms with E-state index in [4.69, 9.17) is 14.5 Å². The number of morpholine rings is 2. The minimum Gasteiger partial charge on any atom is -0.494 e. The van der Waals surface area contributed by atoms with Crippen molar-refractivity contribution in [2.75, 3.05) is 112 Å². The lowest BCUT2D eigenvalue weighted by Gasteiger charge is -2.31. The average molecular weight is 662 g/mol. The van der Waals surface area contributed by atoms with Crippen LogP contribution < -0.4 is 22.0 Å². The lowest BCUT2D eigenvalue weighted by atomic mass is 9.90. The van der Waals surface area contributed by atoms with Crippen molar-refractivity contribution < 1.29 is 14.6 Å². The van der Waals surface area contributed by atoms with Crippen LogP contribution in [-0.2, 0) is 22.6 Å². The molecule has 0 atom stereocenters. The highest BCUT2D eigenvalue weighted by molar-refractivity contribution is 6.15. The van der Waals surface area contributed by atoms with Gasteiger partial charge in [-0.25, -0.2) is 0 Å². The molecule has 0 spiro atoms. The predicted molar refractivity (Wildman–Crippen MR) is 185 cm³/mol. The van der Waals surface area contributed by atoms with Gasteiger partial charge in [0, 0.05) is 107 Å². The van der Waals surface area contributed by atoms with Crippen LogP contribution in [0.3, 0.4) is 0 Å². The van der Waals surface area contributed by atoms with Crippen molar-refractivity contribution in [1.82, 2.24) is 28.7 Å². The van der Waals surface area contributed by atoms with Crippen molar-refractivity contribution in [2.24, 2.45) is 4.99 Å². The van der Waals surface area contributed by atoms with E-state index in [2.05, 4.69) is 26.6 Å². The topological polar surface area (TPSA) is 125 Å². The number of rotatable bonds is 11. The first kappa shape index (κ1) is 33.1. The van der Waals surface area contributed by atoms with Crippen molar-refractivity contribution in [1.29, 1.82) is 0 Å². The Kier molecular flexibility index (Phi) is 10.0. The van der Waals surface area contributed by atoms with E-state index in [0.717, 1.165) is 72.0 Å². The van der Waals surface area contributed by atoms with Crippen LogP contribution in [0.1, 0.15) is 12.8 Å². The zero-order valence-corrected chi connectivity index (χ0v) is 28.0. The number of aromatic hydroxyl groups is 1. The summed E-state index contributed by atoms with van der Waals surface area (Å²) < 4.78 is 13.7. The molecule has 13 heteroatoms. The molecular formula is C35H47N7O6. The molecule has 48 heavy (non-hydrogen) atoms. The summed E-state index contributed by atoms with van der Waals surface area (Å²) >= 11 is 0. The van der Waals surface area contributed by atoms with Gasteiger partial charge in [0.25, 0.3) is 16.7 Å². The maximum atomic E-state index is 14.3. The summed E-state index contributed by atoms with van der Waals surface area (Å²) in [4.78, 5) is 56.5. The number of hydrogen-bond acceptors (Lipinski definition) is 11. The third kappa shape index (κ3) is 6.59. The average Bonchev–Trinajstić information content (AvgIpc) is 3.11. The van der Waals surface area contributed by atoms with Gasteiger partial charge in [-0.3, -0.25) is 43.2 Å². The third-order valence-corrected chi connectivity index (χ3v) is 10.4. The predicted octanol–water partition coefficient (Wildman–Crippen LogP) is -0.0447. The summed E-state index contributed by atoms with van der Waals surface area (Å²) in [6.07, 6.45) is 1.33. The summed E-state index contributed by atoms with van der Waals surface area (Å²) in [5.74, 6) is -0.144. The maximum Gasteiger partial charge on any atom is 0.263 e. The highest BCUT2D eigenvalue weighted by Crippen LogP contribution is 2.36. The van der Waals surface area contributed by atoms with Gasteiger partial charge in [-0.2, -0.15) is 0 Å². The summed E-state index contributed by atoms with van der Waals surface area (Å²) in [5.41, 5.74) is -0.304. The molecule has 1 aliphatic carbocycles. The number of hydrogen-bond donors (Lipinski definition) is 1. The Bertz CT molecular complexity index is 1920. The van der Waals surface area contributed by atoms with Crippen molar-refractivity contribution in [3.63, 3.8) is 0 Å². The van der Waals surface area contributed by atoms with E-state index in [1.54, 1.807) is 18.2 Å². The fourth-order valence-electron chi connectivity index (χ4n) is 7.53. The molecule has 5 aliphatic rings. The molecule has 1 aromatic carbocycles. The number of aromatic nitrogens is 2. The van der Waals surface area contributed by atoms with E-state index in [1.807, 2.05) is 0 Å². The molecule has 0 bridgehead atoms. The van der Waals surface area contributed by atoms with Crippen molar-refractivity contribution in [2.45, 2.75) is 25.9 Å². The van der Waals surface area contributed by atoms with Gasteiger partial charge in [-0.05, 0) is 38.1 Å². The van der Waals surface area contributed by atoms with Gasteiger partial charge in [-0.15, -0.1) is 0 Å². The molecule has 4 aliphatic heterocycles. The molecular weight excluding hydrogens is 614 g/mol.